The van der Waals surface area contributed by atoms with Gasteiger partial charge in [-0.25, -0.2) is 13.8 Å². The molecule has 3 fully saturated rings. The lowest BCUT2D eigenvalue weighted by Crippen LogP contribution is -2.61. The minimum Gasteiger partial charge on any atom is -0.367 e. The Bertz CT molecular complexity index is 1570. The highest BCUT2D eigenvalue weighted by atomic mass is 19.1. The van der Waals surface area contributed by atoms with Crippen LogP contribution in [0.2, 0.25) is 0 Å². The van der Waals surface area contributed by atoms with Gasteiger partial charge in [0, 0.05) is 68.9 Å². The molecule has 6 heterocycles. The average molecular weight is 548 g/mol. The third-order valence-electron chi connectivity index (χ3n) is 8.89. The van der Waals surface area contributed by atoms with Crippen LogP contribution in [0.1, 0.15) is 36.9 Å². The van der Waals surface area contributed by atoms with Crippen molar-refractivity contribution in [3.05, 3.63) is 70.8 Å². The minimum atomic E-state index is -0.660. The summed E-state index contributed by atoms with van der Waals surface area (Å²) in [5.41, 5.74) is 3.67. The average Bonchev–Trinajstić information content (AvgIpc) is 3.31. The van der Waals surface area contributed by atoms with Crippen LogP contribution in [0.3, 0.4) is 0 Å². The number of alkyl halides is 2. The van der Waals surface area contributed by atoms with Crippen LogP contribution in [0.4, 0.5) is 14.5 Å². The Kier molecular flexibility index (Phi) is 6.75. The quantitative estimate of drug-likeness (QED) is 0.364. The maximum absolute atomic E-state index is 13.5. The first kappa shape index (κ1) is 25.6. The van der Waals surface area contributed by atoms with E-state index < -0.39 is 12.3 Å². The fourth-order valence-electron chi connectivity index (χ4n) is 6.37. The number of aromatic nitrogens is 4. The number of piperidine rings is 1. The van der Waals surface area contributed by atoms with E-state index in [1.54, 1.807) is 10.8 Å². The van der Waals surface area contributed by atoms with Crippen molar-refractivity contribution < 1.29 is 8.78 Å². The van der Waals surface area contributed by atoms with Gasteiger partial charge in [0.05, 0.1) is 29.5 Å². The molecule has 0 amide bonds. The Hall–Kier alpha value is -3.37. The lowest BCUT2D eigenvalue weighted by molar-refractivity contribution is 0.0964. The number of anilines is 1. The number of fused-ring (bicyclic) bond motifs is 2. The highest BCUT2D eigenvalue weighted by Gasteiger charge is 2.35. The number of halogens is 2. The van der Waals surface area contributed by atoms with Gasteiger partial charge in [0.2, 0.25) is 0 Å². The molecule has 3 aliphatic rings. The summed E-state index contributed by atoms with van der Waals surface area (Å²) >= 11 is 0. The molecule has 0 unspecified atom stereocenters. The second kappa shape index (κ2) is 10.6. The highest BCUT2D eigenvalue weighted by Crippen LogP contribution is 2.31. The molecule has 0 radical (unpaired) electrons. The number of nitrogens with one attached hydrogen (secondary N) is 1. The zero-order valence-corrected chi connectivity index (χ0v) is 22.6. The van der Waals surface area contributed by atoms with Gasteiger partial charge in [0.15, 0.2) is 0 Å². The van der Waals surface area contributed by atoms with Gasteiger partial charge in [-0.3, -0.25) is 14.7 Å². The first-order valence-electron chi connectivity index (χ1n) is 14.4. The predicted octanol–water partition coefficient (Wildman–Crippen LogP) is 3.55. The fraction of sp³-hybridized carbons (Fsp3) is 0.500. The summed E-state index contributed by atoms with van der Waals surface area (Å²) < 4.78 is 30.2. The second-order valence-corrected chi connectivity index (χ2v) is 11.7. The van der Waals surface area contributed by atoms with Crippen molar-refractivity contribution in [2.24, 2.45) is 5.92 Å². The molecule has 1 saturated carbocycles. The van der Waals surface area contributed by atoms with Crippen molar-refractivity contribution >= 4 is 22.1 Å². The van der Waals surface area contributed by atoms with Gasteiger partial charge in [-0.05, 0) is 55.8 Å². The maximum atomic E-state index is 13.5. The fourth-order valence-corrected chi connectivity index (χ4v) is 6.37. The predicted molar refractivity (Wildman–Crippen MR) is 151 cm³/mol. The Labute approximate surface area is 231 Å². The van der Waals surface area contributed by atoms with Crippen molar-refractivity contribution in [2.75, 3.05) is 37.6 Å². The number of hydrogen-bond donors (Lipinski definition) is 1. The van der Waals surface area contributed by atoms with Crippen LogP contribution in [0, 0.1) is 5.92 Å². The lowest BCUT2D eigenvalue weighted by atomic mass is 9.83. The molecule has 0 aromatic carbocycles. The van der Waals surface area contributed by atoms with Gasteiger partial charge in [-0.15, -0.1) is 0 Å². The van der Waals surface area contributed by atoms with Crippen molar-refractivity contribution in [2.45, 2.75) is 57.2 Å². The van der Waals surface area contributed by atoms with Crippen LogP contribution >= 0.6 is 0 Å². The standard InChI is InChI=1S/C30H35F2N7O/c31-22-3-6-36(7-4-22)25-18-38(19-25)28-14-34-13-27-26(28)5-8-37(30(27)40)16-24-17-39-15-20(1-2-29(39)35-24)11-33-12-21-9-23(32)10-21/h1-2,5,8,13-15,17,21-23,25,33H,3-4,6-7,9-12,16,18-19H2. The van der Waals surface area contributed by atoms with Crippen molar-refractivity contribution in [1.29, 1.82) is 0 Å². The summed E-state index contributed by atoms with van der Waals surface area (Å²) in [6.45, 7) is 5.33. The zero-order valence-electron chi connectivity index (χ0n) is 22.6. The number of hydrogen-bond acceptors (Lipinski definition) is 6. The minimum absolute atomic E-state index is 0.0811. The first-order chi connectivity index (χ1) is 19.5. The number of nitrogens with zero attached hydrogens (tertiary/aromatic N) is 6. The number of pyridine rings is 3. The largest absolute Gasteiger partial charge is 0.367 e. The molecule has 7 rings (SSSR count). The molecule has 0 spiro atoms. The third kappa shape index (κ3) is 4.99. The molecule has 0 bridgehead atoms. The van der Waals surface area contributed by atoms with Crippen LogP contribution in [0.5, 0.6) is 0 Å². The van der Waals surface area contributed by atoms with E-state index in [4.69, 9.17) is 4.98 Å². The van der Waals surface area contributed by atoms with E-state index >= 15 is 0 Å². The SMILES string of the molecule is O=c1c2cncc(N3CC(N4CCC(F)CC4)C3)c2ccn1Cc1cn2cc(CNCC3CC(F)C3)ccc2n1. The normalized spacial score (nSPS) is 22.6. The van der Waals surface area contributed by atoms with E-state index in [0.29, 0.717) is 49.6 Å². The summed E-state index contributed by atoms with van der Waals surface area (Å²) in [6, 6.07) is 6.47. The molecule has 4 aromatic heterocycles. The summed E-state index contributed by atoms with van der Waals surface area (Å²) in [7, 11) is 0. The number of imidazole rings is 1. The van der Waals surface area contributed by atoms with Crippen molar-refractivity contribution in [1.82, 2.24) is 29.2 Å². The van der Waals surface area contributed by atoms with Gasteiger partial charge in [0.1, 0.15) is 18.0 Å². The topological polar surface area (TPSA) is 70.7 Å². The Morgan fingerprint density at radius 3 is 2.60 bits per heavy atom. The Morgan fingerprint density at radius 1 is 0.975 bits per heavy atom. The molecule has 8 nitrogen and oxygen atoms in total. The molecule has 0 atom stereocenters. The number of likely N-dealkylation sites (tertiary alicyclic amines) is 1. The van der Waals surface area contributed by atoms with E-state index in [2.05, 4.69) is 32.4 Å². The van der Waals surface area contributed by atoms with E-state index in [1.165, 1.54) is 0 Å². The van der Waals surface area contributed by atoms with Crippen LogP contribution in [0.25, 0.3) is 16.4 Å². The molecule has 210 valence electrons. The monoisotopic (exact) mass is 547 g/mol. The van der Waals surface area contributed by atoms with Crippen LogP contribution < -0.4 is 15.8 Å². The Balaban J connectivity index is 1.03. The molecular formula is C30H35F2N7O. The molecule has 1 N–H and O–H groups in total. The van der Waals surface area contributed by atoms with Crippen molar-refractivity contribution in [3.63, 3.8) is 0 Å². The van der Waals surface area contributed by atoms with Crippen LogP contribution in [-0.2, 0) is 13.1 Å². The van der Waals surface area contributed by atoms with E-state index in [1.807, 2.05) is 35.1 Å². The van der Waals surface area contributed by atoms with E-state index in [-0.39, 0.29) is 5.56 Å². The van der Waals surface area contributed by atoms with Gasteiger partial charge in [-0.1, -0.05) is 6.07 Å². The second-order valence-electron chi connectivity index (χ2n) is 11.7. The van der Waals surface area contributed by atoms with Crippen LogP contribution in [-0.4, -0.2) is 74.9 Å². The smallest absolute Gasteiger partial charge is 0.260 e. The number of rotatable bonds is 8. The lowest BCUT2D eigenvalue weighted by Gasteiger charge is -2.48. The van der Waals surface area contributed by atoms with E-state index in [0.717, 1.165) is 67.2 Å². The zero-order chi connectivity index (χ0) is 27.2. The van der Waals surface area contributed by atoms with Crippen molar-refractivity contribution in [3.8, 4) is 0 Å². The summed E-state index contributed by atoms with van der Waals surface area (Å²) in [4.78, 5) is 27.2. The van der Waals surface area contributed by atoms with Gasteiger partial charge in [-0.2, -0.15) is 0 Å². The van der Waals surface area contributed by atoms with Gasteiger partial charge in [0.25, 0.3) is 5.56 Å². The first-order valence-corrected chi connectivity index (χ1v) is 14.4. The Morgan fingerprint density at radius 2 is 1.80 bits per heavy atom. The summed E-state index contributed by atoms with van der Waals surface area (Å²) in [5, 5.41) is 4.94. The van der Waals surface area contributed by atoms with Gasteiger partial charge < -0.3 is 19.2 Å². The summed E-state index contributed by atoms with van der Waals surface area (Å²) in [5.74, 6) is 0.444. The third-order valence-corrected chi connectivity index (χ3v) is 8.89. The molecule has 10 heteroatoms. The molecular weight excluding hydrogens is 512 g/mol. The van der Waals surface area contributed by atoms with E-state index in [9.17, 15) is 13.6 Å². The maximum Gasteiger partial charge on any atom is 0.260 e. The summed E-state index contributed by atoms with van der Waals surface area (Å²) in [6.07, 6.45) is 10.7. The molecule has 2 aliphatic heterocycles. The highest BCUT2D eigenvalue weighted by molar-refractivity contribution is 5.93. The molecule has 2 saturated heterocycles. The molecule has 40 heavy (non-hydrogen) atoms. The molecule has 4 aromatic rings. The molecule has 1 aliphatic carbocycles. The van der Waals surface area contributed by atoms with Crippen LogP contribution in [0.15, 0.2) is 54.0 Å². The van der Waals surface area contributed by atoms with Gasteiger partial charge >= 0.3 is 0 Å².